The average Bonchev–Trinajstić information content (AvgIpc) is 2.59. The Balaban J connectivity index is 2.34. The van der Waals surface area contributed by atoms with Crippen LogP contribution >= 0.6 is 11.8 Å². The molecular formula is C20H30FNO3S. The van der Waals surface area contributed by atoms with Gasteiger partial charge in [-0.05, 0) is 30.5 Å². The molecule has 0 saturated carbocycles. The first-order chi connectivity index (χ1) is 12.5. The van der Waals surface area contributed by atoms with E-state index in [1.165, 1.54) is 50.1 Å². The molecule has 0 bridgehead atoms. The molecule has 0 heterocycles. The van der Waals surface area contributed by atoms with Crippen molar-refractivity contribution in [1.82, 2.24) is 0 Å². The number of rotatable bonds is 12. The molecule has 146 valence electrons. The largest absolute Gasteiger partial charge is 0.466 e. The Morgan fingerprint density at radius 2 is 2.04 bits per heavy atom. The van der Waals surface area contributed by atoms with Crippen molar-refractivity contribution in [3.05, 3.63) is 24.0 Å². The van der Waals surface area contributed by atoms with E-state index in [-0.39, 0.29) is 18.3 Å². The molecule has 0 saturated heterocycles. The van der Waals surface area contributed by atoms with Crippen LogP contribution in [0.5, 0.6) is 0 Å². The number of hydrogen-bond acceptors (Lipinski definition) is 4. The predicted octanol–water partition coefficient (Wildman–Crippen LogP) is 5.42. The summed E-state index contributed by atoms with van der Waals surface area (Å²) in [7, 11) is 0. The molecule has 0 fully saturated rings. The quantitative estimate of drug-likeness (QED) is 0.387. The lowest BCUT2D eigenvalue weighted by Gasteiger charge is -2.14. The van der Waals surface area contributed by atoms with Gasteiger partial charge in [-0.15, -0.1) is 11.8 Å². The molecule has 26 heavy (non-hydrogen) atoms. The molecule has 0 aromatic heterocycles. The molecule has 0 aliphatic rings. The molecule has 1 amide bonds. The van der Waals surface area contributed by atoms with Gasteiger partial charge < -0.3 is 10.1 Å². The van der Waals surface area contributed by atoms with Crippen molar-refractivity contribution in [1.29, 1.82) is 0 Å². The number of carbonyl (C=O) groups is 2. The lowest BCUT2D eigenvalue weighted by molar-refractivity contribution is -0.143. The van der Waals surface area contributed by atoms with E-state index in [0.29, 0.717) is 24.0 Å². The summed E-state index contributed by atoms with van der Waals surface area (Å²) in [4.78, 5) is 23.8. The molecule has 6 heteroatoms. The molecule has 1 N–H and O–H groups in total. The van der Waals surface area contributed by atoms with E-state index < -0.39 is 5.82 Å². The van der Waals surface area contributed by atoms with Crippen molar-refractivity contribution in [3.8, 4) is 0 Å². The monoisotopic (exact) mass is 383 g/mol. The van der Waals surface area contributed by atoms with Crippen LogP contribution in [0.1, 0.15) is 59.3 Å². The molecule has 0 aliphatic carbocycles. The number of hydrogen-bond donors (Lipinski definition) is 1. The molecule has 1 aromatic rings. The van der Waals surface area contributed by atoms with Crippen molar-refractivity contribution in [2.45, 2.75) is 64.2 Å². The van der Waals surface area contributed by atoms with Gasteiger partial charge in [0.25, 0.3) is 0 Å². The number of benzene rings is 1. The van der Waals surface area contributed by atoms with Crippen molar-refractivity contribution >= 4 is 29.3 Å². The summed E-state index contributed by atoms with van der Waals surface area (Å²) in [6, 6.07) is 4.23. The van der Waals surface area contributed by atoms with Gasteiger partial charge in [0.1, 0.15) is 5.82 Å². The van der Waals surface area contributed by atoms with E-state index in [1.54, 1.807) is 6.07 Å². The van der Waals surface area contributed by atoms with Crippen LogP contribution in [0.25, 0.3) is 0 Å². The van der Waals surface area contributed by atoms with E-state index in [4.69, 9.17) is 4.74 Å². The van der Waals surface area contributed by atoms with E-state index >= 15 is 0 Å². The van der Waals surface area contributed by atoms with Crippen LogP contribution in [-0.4, -0.2) is 24.2 Å². The normalized spacial score (nSPS) is 11.8. The van der Waals surface area contributed by atoms with Crippen molar-refractivity contribution in [2.24, 2.45) is 5.92 Å². The van der Waals surface area contributed by atoms with Gasteiger partial charge in [-0.1, -0.05) is 39.5 Å². The Kier molecular flexibility index (Phi) is 11.0. The number of halogens is 1. The number of unbranched alkanes of at least 4 members (excludes halogenated alkanes) is 1. The van der Waals surface area contributed by atoms with Crippen molar-refractivity contribution < 1.29 is 18.7 Å². The molecule has 0 aliphatic heterocycles. The Morgan fingerprint density at radius 3 is 2.69 bits per heavy atom. The van der Waals surface area contributed by atoms with Gasteiger partial charge in [-0.25, -0.2) is 4.39 Å². The number of thioether (sulfide) groups is 1. The smallest absolute Gasteiger partial charge is 0.306 e. The topological polar surface area (TPSA) is 55.4 Å². The molecule has 1 atom stereocenters. The fourth-order valence-corrected chi connectivity index (χ4v) is 3.54. The van der Waals surface area contributed by atoms with Crippen LogP contribution in [0, 0.1) is 11.7 Å². The number of carbonyl (C=O) groups excluding carboxylic acids is 2. The molecular weight excluding hydrogens is 353 g/mol. The highest BCUT2D eigenvalue weighted by Gasteiger charge is 2.10. The zero-order valence-corrected chi connectivity index (χ0v) is 16.8. The zero-order chi connectivity index (χ0) is 19.4. The van der Waals surface area contributed by atoms with E-state index in [0.717, 1.165) is 17.7 Å². The van der Waals surface area contributed by atoms with Gasteiger partial charge >= 0.3 is 5.97 Å². The fourth-order valence-electron chi connectivity index (χ4n) is 2.62. The highest BCUT2D eigenvalue weighted by Crippen LogP contribution is 2.28. The van der Waals surface area contributed by atoms with Gasteiger partial charge in [-0.3, -0.25) is 9.59 Å². The van der Waals surface area contributed by atoms with Crippen LogP contribution < -0.4 is 5.32 Å². The van der Waals surface area contributed by atoms with Crippen LogP contribution in [0.3, 0.4) is 0 Å². The molecule has 0 spiro atoms. The first kappa shape index (κ1) is 22.5. The maximum Gasteiger partial charge on any atom is 0.306 e. The first-order valence-corrected chi connectivity index (χ1v) is 10.3. The van der Waals surface area contributed by atoms with E-state index in [9.17, 15) is 14.0 Å². The minimum Gasteiger partial charge on any atom is -0.466 e. The summed E-state index contributed by atoms with van der Waals surface area (Å²) in [5.41, 5.74) is 0.428. The third-order valence-electron chi connectivity index (χ3n) is 4.15. The Labute approximate surface area is 160 Å². The highest BCUT2D eigenvalue weighted by molar-refractivity contribution is 7.99. The lowest BCUT2D eigenvalue weighted by atomic mass is 9.96. The summed E-state index contributed by atoms with van der Waals surface area (Å²) in [6.45, 7) is 6.21. The SMILES string of the molecule is CCCCC(CC)CCOC(=O)CCSc1ccc(F)cc1NC(C)=O. The second-order valence-electron chi connectivity index (χ2n) is 6.35. The summed E-state index contributed by atoms with van der Waals surface area (Å²) in [5, 5.41) is 2.61. The second-order valence-corrected chi connectivity index (χ2v) is 7.48. The summed E-state index contributed by atoms with van der Waals surface area (Å²) < 4.78 is 18.6. The van der Waals surface area contributed by atoms with Crippen molar-refractivity contribution in [2.75, 3.05) is 17.7 Å². The first-order valence-electron chi connectivity index (χ1n) is 9.31. The lowest BCUT2D eigenvalue weighted by Crippen LogP contribution is -2.11. The van der Waals surface area contributed by atoms with Gasteiger partial charge in [0.15, 0.2) is 0 Å². The predicted molar refractivity (Wildman–Crippen MR) is 105 cm³/mol. The number of ether oxygens (including phenoxy) is 1. The summed E-state index contributed by atoms with van der Waals surface area (Å²) in [6.07, 6.45) is 5.92. The number of anilines is 1. The summed E-state index contributed by atoms with van der Waals surface area (Å²) in [5.74, 6) is 0.253. The maximum atomic E-state index is 13.3. The molecule has 1 aromatic carbocycles. The van der Waals surface area contributed by atoms with Crippen LogP contribution in [0.15, 0.2) is 23.1 Å². The molecule has 0 radical (unpaired) electrons. The number of esters is 1. The van der Waals surface area contributed by atoms with Crippen molar-refractivity contribution in [3.63, 3.8) is 0 Å². The van der Waals surface area contributed by atoms with Crippen LogP contribution in [0.4, 0.5) is 10.1 Å². The van der Waals surface area contributed by atoms with Crippen LogP contribution in [0.2, 0.25) is 0 Å². The second kappa shape index (κ2) is 12.7. The van der Waals surface area contributed by atoms with Gasteiger partial charge in [-0.2, -0.15) is 0 Å². The Bertz CT molecular complexity index is 580. The number of nitrogens with one attached hydrogen (secondary N) is 1. The van der Waals surface area contributed by atoms with Gasteiger partial charge in [0, 0.05) is 17.6 Å². The molecule has 4 nitrogen and oxygen atoms in total. The maximum absolute atomic E-state index is 13.3. The van der Waals surface area contributed by atoms with Gasteiger partial charge in [0.05, 0.1) is 18.7 Å². The third-order valence-corrected chi connectivity index (χ3v) is 5.22. The average molecular weight is 384 g/mol. The molecule has 1 unspecified atom stereocenters. The van der Waals surface area contributed by atoms with E-state index in [2.05, 4.69) is 19.2 Å². The summed E-state index contributed by atoms with van der Waals surface area (Å²) >= 11 is 1.40. The zero-order valence-electron chi connectivity index (χ0n) is 16.0. The number of amides is 1. The Hall–Kier alpha value is -1.56. The fraction of sp³-hybridized carbons (Fsp3) is 0.600. The minimum atomic E-state index is -0.411. The highest BCUT2D eigenvalue weighted by atomic mass is 32.2. The Morgan fingerprint density at radius 1 is 1.27 bits per heavy atom. The third kappa shape index (κ3) is 9.22. The van der Waals surface area contributed by atoms with Gasteiger partial charge in [0.2, 0.25) is 5.91 Å². The minimum absolute atomic E-state index is 0.217. The molecule has 1 rings (SSSR count). The van der Waals surface area contributed by atoms with E-state index in [1.807, 2.05) is 0 Å². The standard InChI is InChI=1S/C20H30FNO3S/c1-4-6-7-16(5-2)10-12-25-20(24)11-13-26-19-9-8-17(21)14-18(19)22-15(3)23/h8-9,14,16H,4-7,10-13H2,1-3H3,(H,22,23). The van der Waals surface area contributed by atoms with Crippen LogP contribution in [-0.2, 0) is 14.3 Å².